The molecule has 0 spiro atoms. The summed E-state index contributed by atoms with van der Waals surface area (Å²) in [5, 5.41) is 13.7. The van der Waals surface area contributed by atoms with Crippen LogP contribution in [0, 0.1) is 5.82 Å². The Labute approximate surface area is 163 Å². The van der Waals surface area contributed by atoms with E-state index >= 15 is 0 Å². The molecule has 3 aromatic rings. The molecule has 3 rings (SSSR count). The van der Waals surface area contributed by atoms with Gasteiger partial charge in [-0.25, -0.2) is 9.18 Å². The van der Waals surface area contributed by atoms with Gasteiger partial charge >= 0.3 is 5.97 Å². The van der Waals surface area contributed by atoms with Gasteiger partial charge in [-0.2, -0.15) is 5.10 Å². The van der Waals surface area contributed by atoms with Crippen LogP contribution in [0.15, 0.2) is 54.6 Å². The Kier molecular flexibility index (Phi) is 6.21. The average molecular weight is 382 g/mol. The number of carbonyl (C=O) groups excluding carboxylic acids is 1. The standard InChI is InChI=1S/C22H23FN2O3/c1-3-28-22(27)21-14-20(24-25(21)11-12-26)15(2)17-9-10-18(19(23)13-17)16-7-5-4-6-8-16/h4-10,13-15,26H,3,11-12H2,1-2H3. The van der Waals surface area contributed by atoms with Crippen molar-refractivity contribution in [3.05, 3.63) is 77.4 Å². The van der Waals surface area contributed by atoms with Gasteiger partial charge in [0.2, 0.25) is 0 Å². The summed E-state index contributed by atoms with van der Waals surface area (Å²) in [5.74, 6) is -1.03. The number of rotatable bonds is 7. The molecule has 0 amide bonds. The SMILES string of the molecule is CCOC(=O)c1cc(C(C)c2ccc(-c3ccccc3)c(F)c2)nn1CCO. The van der Waals surface area contributed by atoms with E-state index < -0.39 is 5.97 Å². The monoisotopic (exact) mass is 382 g/mol. The first kappa shape index (κ1) is 19.8. The molecule has 1 aromatic heterocycles. The molecule has 0 saturated heterocycles. The lowest BCUT2D eigenvalue weighted by molar-refractivity contribution is 0.0510. The number of benzene rings is 2. The number of carbonyl (C=O) groups is 1. The fourth-order valence-electron chi connectivity index (χ4n) is 3.11. The summed E-state index contributed by atoms with van der Waals surface area (Å²) in [4.78, 5) is 12.1. The minimum atomic E-state index is -0.493. The molecule has 6 heteroatoms. The summed E-state index contributed by atoms with van der Waals surface area (Å²) in [6.45, 7) is 3.91. The lowest BCUT2D eigenvalue weighted by atomic mass is 9.94. The molecule has 0 fully saturated rings. The number of nitrogens with zero attached hydrogens (tertiary/aromatic N) is 2. The van der Waals surface area contributed by atoms with E-state index in [-0.39, 0.29) is 37.2 Å². The van der Waals surface area contributed by atoms with Crippen LogP contribution in [0.1, 0.15) is 41.5 Å². The molecule has 0 radical (unpaired) electrons. The van der Waals surface area contributed by atoms with E-state index in [9.17, 15) is 14.3 Å². The average Bonchev–Trinajstić information content (AvgIpc) is 3.12. The maximum absolute atomic E-state index is 14.7. The molecule has 0 bridgehead atoms. The van der Waals surface area contributed by atoms with Crippen LogP contribution in [-0.2, 0) is 11.3 Å². The zero-order valence-corrected chi connectivity index (χ0v) is 15.9. The topological polar surface area (TPSA) is 64.3 Å². The molecular formula is C22H23FN2O3. The maximum atomic E-state index is 14.7. The minimum Gasteiger partial charge on any atom is -0.461 e. The number of esters is 1. The van der Waals surface area contributed by atoms with Gasteiger partial charge in [-0.15, -0.1) is 0 Å². The quantitative estimate of drug-likeness (QED) is 0.627. The molecule has 1 atom stereocenters. The van der Waals surface area contributed by atoms with Gasteiger partial charge in [0.05, 0.1) is 25.5 Å². The highest BCUT2D eigenvalue weighted by molar-refractivity contribution is 5.87. The molecule has 0 saturated carbocycles. The van der Waals surface area contributed by atoms with Crippen LogP contribution in [-0.4, -0.2) is 34.1 Å². The van der Waals surface area contributed by atoms with Gasteiger partial charge < -0.3 is 9.84 Å². The van der Waals surface area contributed by atoms with Crippen LogP contribution < -0.4 is 0 Å². The molecule has 28 heavy (non-hydrogen) atoms. The molecule has 0 aliphatic carbocycles. The molecule has 2 aromatic carbocycles. The third-order valence-corrected chi connectivity index (χ3v) is 4.62. The smallest absolute Gasteiger partial charge is 0.356 e. The minimum absolute atomic E-state index is 0.150. The summed E-state index contributed by atoms with van der Waals surface area (Å²) in [6.07, 6.45) is 0. The first-order chi connectivity index (χ1) is 13.5. The second-order valence-corrected chi connectivity index (χ2v) is 6.45. The van der Waals surface area contributed by atoms with Crippen LogP contribution in [0.2, 0.25) is 0 Å². The third-order valence-electron chi connectivity index (χ3n) is 4.62. The van der Waals surface area contributed by atoms with Gasteiger partial charge in [-0.05, 0) is 30.2 Å². The number of ether oxygens (including phenoxy) is 1. The van der Waals surface area contributed by atoms with Gasteiger partial charge in [0.1, 0.15) is 11.5 Å². The Bertz CT molecular complexity index is 954. The van der Waals surface area contributed by atoms with E-state index in [4.69, 9.17) is 4.74 Å². The van der Waals surface area contributed by atoms with Gasteiger partial charge in [0.25, 0.3) is 0 Å². The Morgan fingerprint density at radius 3 is 2.61 bits per heavy atom. The number of aliphatic hydroxyl groups is 1. The Morgan fingerprint density at radius 2 is 1.96 bits per heavy atom. The largest absolute Gasteiger partial charge is 0.461 e. The number of hydrogen-bond donors (Lipinski definition) is 1. The lowest BCUT2D eigenvalue weighted by Crippen LogP contribution is -2.15. The Balaban J connectivity index is 1.91. The van der Waals surface area contributed by atoms with Gasteiger partial charge in [0, 0.05) is 11.5 Å². The zero-order chi connectivity index (χ0) is 20.1. The summed E-state index contributed by atoms with van der Waals surface area (Å²) in [6, 6.07) is 16.1. The molecule has 0 aliphatic rings. The highest BCUT2D eigenvalue weighted by atomic mass is 19.1. The van der Waals surface area contributed by atoms with Gasteiger partial charge in [-0.3, -0.25) is 4.68 Å². The molecule has 1 unspecified atom stereocenters. The van der Waals surface area contributed by atoms with Crippen LogP contribution >= 0.6 is 0 Å². The second kappa shape index (κ2) is 8.80. The van der Waals surface area contributed by atoms with Crippen LogP contribution in [0.5, 0.6) is 0 Å². The molecule has 0 aliphatic heterocycles. The molecule has 1 N–H and O–H groups in total. The number of hydrogen-bond acceptors (Lipinski definition) is 4. The van der Waals surface area contributed by atoms with Gasteiger partial charge in [0.15, 0.2) is 0 Å². The Morgan fingerprint density at radius 1 is 1.21 bits per heavy atom. The third kappa shape index (κ3) is 4.12. The van der Waals surface area contributed by atoms with Crippen LogP contribution in [0.3, 0.4) is 0 Å². The van der Waals surface area contributed by atoms with Crippen LogP contribution in [0.25, 0.3) is 11.1 Å². The second-order valence-electron chi connectivity index (χ2n) is 6.45. The van der Waals surface area contributed by atoms with E-state index in [2.05, 4.69) is 5.10 Å². The van der Waals surface area contributed by atoms with Crippen molar-refractivity contribution in [2.75, 3.05) is 13.2 Å². The van der Waals surface area contributed by atoms with E-state index in [1.54, 1.807) is 19.1 Å². The number of aliphatic hydroxyl groups excluding tert-OH is 1. The summed E-state index contributed by atoms with van der Waals surface area (Å²) in [7, 11) is 0. The van der Waals surface area contributed by atoms with Crippen molar-refractivity contribution in [3.8, 4) is 11.1 Å². The van der Waals surface area contributed by atoms with Crippen molar-refractivity contribution in [1.29, 1.82) is 0 Å². The highest BCUT2D eigenvalue weighted by Gasteiger charge is 2.21. The Hall–Kier alpha value is -2.99. The molecule has 5 nitrogen and oxygen atoms in total. The first-order valence-corrected chi connectivity index (χ1v) is 9.25. The van der Waals surface area contributed by atoms with Crippen molar-refractivity contribution in [3.63, 3.8) is 0 Å². The fourth-order valence-corrected chi connectivity index (χ4v) is 3.11. The lowest BCUT2D eigenvalue weighted by Gasteiger charge is -2.11. The molecule has 1 heterocycles. The predicted molar refractivity (Wildman–Crippen MR) is 105 cm³/mol. The van der Waals surface area contributed by atoms with E-state index in [0.717, 1.165) is 11.1 Å². The first-order valence-electron chi connectivity index (χ1n) is 9.25. The normalized spacial score (nSPS) is 12.0. The number of aromatic nitrogens is 2. The fraction of sp³-hybridized carbons (Fsp3) is 0.273. The van der Waals surface area contributed by atoms with Crippen molar-refractivity contribution in [2.45, 2.75) is 26.3 Å². The number of halogens is 1. The van der Waals surface area contributed by atoms with E-state index in [1.165, 1.54) is 10.7 Å². The van der Waals surface area contributed by atoms with E-state index in [1.807, 2.05) is 43.3 Å². The van der Waals surface area contributed by atoms with Crippen LogP contribution in [0.4, 0.5) is 4.39 Å². The molecule has 146 valence electrons. The van der Waals surface area contributed by atoms with Crippen molar-refractivity contribution >= 4 is 5.97 Å². The van der Waals surface area contributed by atoms with Crippen molar-refractivity contribution < 1.29 is 19.0 Å². The molecular weight excluding hydrogens is 359 g/mol. The van der Waals surface area contributed by atoms with Gasteiger partial charge in [-0.1, -0.05) is 49.4 Å². The van der Waals surface area contributed by atoms with Crippen molar-refractivity contribution in [2.24, 2.45) is 0 Å². The van der Waals surface area contributed by atoms with E-state index in [0.29, 0.717) is 11.3 Å². The zero-order valence-electron chi connectivity index (χ0n) is 15.9. The summed E-state index contributed by atoms with van der Waals surface area (Å²) in [5.41, 5.74) is 2.99. The predicted octanol–water partition coefficient (Wildman–Crippen LogP) is 4.01. The van der Waals surface area contributed by atoms with Crippen molar-refractivity contribution in [1.82, 2.24) is 9.78 Å². The summed E-state index contributed by atoms with van der Waals surface area (Å²) >= 11 is 0. The summed E-state index contributed by atoms with van der Waals surface area (Å²) < 4.78 is 21.2. The highest BCUT2D eigenvalue weighted by Crippen LogP contribution is 2.29. The maximum Gasteiger partial charge on any atom is 0.356 e.